The maximum atomic E-state index is 13.4. The molecule has 21 heavy (non-hydrogen) atoms. The van der Waals surface area contributed by atoms with Crippen LogP contribution in [-0.4, -0.2) is 15.0 Å². The van der Waals surface area contributed by atoms with Crippen molar-refractivity contribution in [1.29, 1.82) is 5.53 Å². The molecule has 0 aliphatic carbocycles. The second-order valence-corrected chi connectivity index (χ2v) is 4.64. The maximum Gasteiger partial charge on any atom is 0.126 e. The van der Waals surface area contributed by atoms with Gasteiger partial charge < -0.3 is 10.3 Å². The number of nitrogens with zero attached hydrogens (tertiary/aromatic N) is 3. The van der Waals surface area contributed by atoms with Gasteiger partial charge in [-0.25, -0.2) is 14.9 Å². The van der Waals surface area contributed by atoms with Crippen LogP contribution in [-0.2, 0) is 6.54 Å². The Bertz CT molecular complexity index is 851. The summed E-state index contributed by atoms with van der Waals surface area (Å²) in [4.78, 5) is 11.8. The summed E-state index contributed by atoms with van der Waals surface area (Å²) >= 11 is 0. The van der Waals surface area contributed by atoms with Gasteiger partial charge in [0.25, 0.3) is 0 Å². The van der Waals surface area contributed by atoms with E-state index in [1.54, 1.807) is 25.4 Å². The highest BCUT2D eigenvalue weighted by molar-refractivity contribution is 6.01. The lowest BCUT2D eigenvalue weighted by molar-refractivity contribution is 0.629. The molecule has 0 fully saturated rings. The summed E-state index contributed by atoms with van der Waals surface area (Å²) in [6, 6.07) is 4.48. The van der Waals surface area contributed by atoms with Crippen molar-refractivity contribution in [1.82, 2.24) is 20.3 Å². The summed E-state index contributed by atoms with van der Waals surface area (Å²) < 4.78 is 13.4. The maximum absolute atomic E-state index is 13.4. The van der Waals surface area contributed by atoms with Gasteiger partial charge in [-0.05, 0) is 25.1 Å². The Balaban J connectivity index is 1.98. The smallest absolute Gasteiger partial charge is 0.126 e. The molecule has 3 rings (SSSR count). The molecule has 3 aromatic rings. The second-order valence-electron chi connectivity index (χ2n) is 4.64. The Morgan fingerprint density at radius 3 is 3.14 bits per heavy atom. The molecule has 7 heteroatoms. The lowest BCUT2D eigenvalue weighted by atomic mass is 10.2. The normalized spacial score (nSPS) is 12.0. The van der Waals surface area contributed by atoms with Crippen LogP contribution in [0.1, 0.15) is 12.7 Å². The molecule has 0 bridgehead atoms. The first-order valence-corrected chi connectivity index (χ1v) is 6.38. The first-order valence-electron chi connectivity index (χ1n) is 6.38. The average molecular weight is 284 g/mol. The van der Waals surface area contributed by atoms with Gasteiger partial charge in [-0.3, -0.25) is 4.98 Å². The van der Waals surface area contributed by atoms with Gasteiger partial charge in [0.1, 0.15) is 17.2 Å². The van der Waals surface area contributed by atoms with Crippen molar-refractivity contribution in [2.75, 3.05) is 0 Å². The highest BCUT2D eigenvalue weighted by Gasteiger charge is 2.08. The molecule has 106 valence electrons. The van der Waals surface area contributed by atoms with Crippen LogP contribution in [0.15, 0.2) is 41.4 Å². The average Bonchev–Trinajstić information content (AvgIpc) is 2.90. The zero-order valence-electron chi connectivity index (χ0n) is 11.3. The van der Waals surface area contributed by atoms with Crippen molar-refractivity contribution in [3.8, 4) is 0 Å². The predicted octanol–water partition coefficient (Wildman–Crippen LogP) is 3.23. The van der Waals surface area contributed by atoms with Gasteiger partial charge >= 0.3 is 0 Å². The number of hydrogen-bond donors (Lipinski definition) is 3. The van der Waals surface area contributed by atoms with E-state index in [1.165, 1.54) is 12.1 Å². The number of benzene rings is 1. The van der Waals surface area contributed by atoms with E-state index in [1.807, 2.05) is 0 Å². The SMILES string of the molecule is C/C(=C/NCc1nc2cnc3ccc(F)cc3c2[nH]1)N=N. The minimum atomic E-state index is -0.304. The fourth-order valence-electron chi connectivity index (χ4n) is 2.10. The van der Waals surface area contributed by atoms with Crippen LogP contribution in [0.3, 0.4) is 0 Å². The Labute approximate surface area is 119 Å². The van der Waals surface area contributed by atoms with Crippen molar-refractivity contribution < 1.29 is 4.39 Å². The molecule has 3 N–H and O–H groups in total. The van der Waals surface area contributed by atoms with E-state index in [0.717, 1.165) is 11.0 Å². The Hall–Kier alpha value is -2.83. The molecule has 0 spiro atoms. The van der Waals surface area contributed by atoms with Crippen LogP contribution in [0.5, 0.6) is 0 Å². The Kier molecular flexibility index (Phi) is 3.31. The van der Waals surface area contributed by atoms with Crippen LogP contribution < -0.4 is 5.32 Å². The summed E-state index contributed by atoms with van der Waals surface area (Å²) in [6.07, 6.45) is 3.30. The Morgan fingerprint density at radius 1 is 1.48 bits per heavy atom. The zero-order valence-corrected chi connectivity index (χ0v) is 11.3. The zero-order chi connectivity index (χ0) is 14.8. The van der Waals surface area contributed by atoms with E-state index in [9.17, 15) is 4.39 Å². The molecule has 0 radical (unpaired) electrons. The van der Waals surface area contributed by atoms with Crippen molar-refractivity contribution in [2.24, 2.45) is 5.11 Å². The van der Waals surface area contributed by atoms with Crippen LogP contribution in [0, 0.1) is 11.3 Å². The van der Waals surface area contributed by atoms with Gasteiger partial charge in [0.2, 0.25) is 0 Å². The van der Waals surface area contributed by atoms with E-state index in [4.69, 9.17) is 5.53 Å². The third-order valence-electron chi connectivity index (χ3n) is 3.09. The van der Waals surface area contributed by atoms with E-state index in [2.05, 4.69) is 25.4 Å². The minimum Gasteiger partial charge on any atom is -0.382 e. The fourth-order valence-corrected chi connectivity index (χ4v) is 2.10. The summed E-state index contributed by atoms with van der Waals surface area (Å²) in [5, 5.41) is 7.00. The van der Waals surface area contributed by atoms with Crippen molar-refractivity contribution in [3.63, 3.8) is 0 Å². The molecule has 0 atom stereocenters. The molecule has 0 amide bonds. The van der Waals surface area contributed by atoms with E-state index < -0.39 is 0 Å². The van der Waals surface area contributed by atoms with Crippen LogP contribution >= 0.6 is 0 Å². The molecule has 0 aliphatic heterocycles. The number of allylic oxidation sites excluding steroid dienone is 1. The van der Waals surface area contributed by atoms with Crippen molar-refractivity contribution in [3.05, 3.63) is 47.9 Å². The van der Waals surface area contributed by atoms with Gasteiger partial charge in [-0.15, -0.1) is 0 Å². The highest BCUT2D eigenvalue weighted by atomic mass is 19.1. The highest BCUT2D eigenvalue weighted by Crippen LogP contribution is 2.22. The molecule has 2 heterocycles. The van der Waals surface area contributed by atoms with Crippen LogP contribution in [0.25, 0.3) is 21.9 Å². The summed E-state index contributed by atoms with van der Waals surface area (Å²) in [7, 11) is 0. The number of aromatic amines is 1. The van der Waals surface area contributed by atoms with Gasteiger partial charge in [0.05, 0.1) is 29.5 Å². The molecule has 0 unspecified atom stereocenters. The second kappa shape index (κ2) is 5.28. The largest absolute Gasteiger partial charge is 0.382 e. The quantitative estimate of drug-likeness (QED) is 0.642. The molecule has 0 saturated carbocycles. The topological polar surface area (TPSA) is 89.8 Å². The number of H-pyrrole nitrogens is 1. The number of halogens is 1. The van der Waals surface area contributed by atoms with Crippen molar-refractivity contribution >= 4 is 21.9 Å². The monoisotopic (exact) mass is 284 g/mol. The summed E-state index contributed by atoms with van der Waals surface area (Å²) in [5.74, 6) is 0.402. The molecular weight excluding hydrogens is 271 g/mol. The van der Waals surface area contributed by atoms with Gasteiger partial charge in [0.15, 0.2) is 0 Å². The van der Waals surface area contributed by atoms with Gasteiger partial charge in [-0.2, -0.15) is 5.11 Å². The number of hydrogen-bond acceptors (Lipinski definition) is 5. The number of nitrogens with one attached hydrogen (secondary N) is 3. The summed E-state index contributed by atoms with van der Waals surface area (Å²) in [6.45, 7) is 2.18. The number of rotatable bonds is 4. The van der Waals surface area contributed by atoms with E-state index in [0.29, 0.717) is 29.0 Å². The lowest BCUT2D eigenvalue weighted by Gasteiger charge is -1.98. The number of fused-ring (bicyclic) bond motifs is 3. The van der Waals surface area contributed by atoms with Gasteiger partial charge in [-0.1, -0.05) is 0 Å². The first kappa shape index (κ1) is 13.2. The third-order valence-corrected chi connectivity index (χ3v) is 3.09. The third kappa shape index (κ3) is 2.58. The lowest BCUT2D eigenvalue weighted by Crippen LogP contribution is -2.06. The predicted molar refractivity (Wildman–Crippen MR) is 77.1 cm³/mol. The first-order chi connectivity index (χ1) is 10.2. The Morgan fingerprint density at radius 2 is 2.33 bits per heavy atom. The fraction of sp³-hybridized carbons (Fsp3) is 0.143. The molecular formula is C14H13FN6. The molecule has 0 aliphatic rings. The number of pyridine rings is 1. The van der Waals surface area contributed by atoms with Gasteiger partial charge in [0, 0.05) is 11.6 Å². The molecule has 1 aromatic carbocycles. The van der Waals surface area contributed by atoms with E-state index in [-0.39, 0.29) is 5.82 Å². The van der Waals surface area contributed by atoms with E-state index >= 15 is 0 Å². The molecule has 0 saturated heterocycles. The van der Waals surface area contributed by atoms with Crippen LogP contribution in [0.4, 0.5) is 4.39 Å². The summed E-state index contributed by atoms with van der Waals surface area (Å²) in [5.41, 5.74) is 9.58. The standard InChI is InChI=1S/C14H13FN6/c1-8(21-16)5-17-7-13-19-12-6-18-11-3-2-9(15)4-10(11)14(12)20-13/h2-6,16-17H,7H2,1H3,(H,19,20)/b8-5-,21-16?. The number of aromatic nitrogens is 3. The molecule has 2 aromatic heterocycles. The number of imidazole rings is 1. The van der Waals surface area contributed by atoms with Crippen LogP contribution in [0.2, 0.25) is 0 Å². The van der Waals surface area contributed by atoms with Crippen molar-refractivity contribution in [2.45, 2.75) is 13.5 Å². The minimum absolute atomic E-state index is 0.304. The molecule has 6 nitrogen and oxygen atoms in total.